The average Bonchev–Trinajstić information content (AvgIpc) is 2.49. The minimum atomic E-state index is 0.583. The molecule has 0 saturated heterocycles. The Balaban J connectivity index is 2.51. The number of methoxy groups -OCH3 is 1. The Kier molecular flexibility index (Phi) is 8.07. The summed E-state index contributed by atoms with van der Waals surface area (Å²) in [6.07, 6.45) is 2.29. The van der Waals surface area contributed by atoms with Gasteiger partial charge in [-0.05, 0) is 25.0 Å². The second-order valence-corrected chi connectivity index (χ2v) is 4.79. The molecule has 0 aliphatic carbocycles. The summed E-state index contributed by atoms with van der Waals surface area (Å²) in [6.45, 7) is 7.59. The Morgan fingerprint density at radius 2 is 1.75 bits per heavy atom. The van der Waals surface area contributed by atoms with Crippen LogP contribution >= 0.6 is 0 Å². The third-order valence-corrected chi connectivity index (χ3v) is 3.58. The molecule has 0 fully saturated rings. The molecule has 0 bridgehead atoms. The first-order chi connectivity index (χ1) is 9.76. The van der Waals surface area contributed by atoms with Gasteiger partial charge in [0.1, 0.15) is 6.61 Å². The molecule has 0 spiro atoms. The number of ether oxygens (including phenoxy) is 2. The molecule has 1 aromatic rings. The highest BCUT2D eigenvalue weighted by Gasteiger charge is 2.14. The van der Waals surface area contributed by atoms with Crippen LogP contribution < -0.4 is 15.2 Å². The van der Waals surface area contributed by atoms with E-state index in [2.05, 4.69) is 18.7 Å². The lowest BCUT2D eigenvalue weighted by Gasteiger charge is -2.29. The summed E-state index contributed by atoms with van der Waals surface area (Å²) in [5.41, 5.74) is 5.70. The summed E-state index contributed by atoms with van der Waals surface area (Å²) >= 11 is 0. The number of nitrogens with zero attached hydrogens (tertiary/aromatic N) is 1. The molecule has 0 aromatic heterocycles. The second-order valence-electron chi connectivity index (χ2n) is 4.79. The van der Waals surface area contributed by atoms with Crippen molar-refractivity contribution in [2.75, 3.05) is 33.4 Å². The molecule has 0 aliphatic rings. The van der Waals surface area contributed by atoms with Crippen LogP contribution in [0.1, 0.15) is 26.7 Å². The fraction of sp³-hybridized carbons (Fsp3) is 0.625. The predicted molar refractivity (Wildman–Crippen MR) is 83.5 cm³/mol. The van der Waals surface area contributed by atoms with Crippen LogP contribution in [0.25, 0.3) is 0 Å². The van der Waals surface area contributed by atoms with Crippen molar-refractivity contribution in [2.45, 2.75) is 32.7 Å². The standard InChI is InChI=1S/C16H28N2O2/c1-4-14(5-2)18(11-10-17)12-13-20-16-9-7-6-8-15(16)19-3/h6-9,14H,4-5,10-13,17H2,1-3H3. The highest BCUT2D eigenvalue weighted by atomic mass is 16.5. The number of nitrogens with two attached hydrogens (primary N) is 1. The maximum absolute atomic E-state index is 5.84. The molecule has 4 nitrogen and oxygen atoms in total. The summed E-state index contributed by atoms with van der Waals surface area (Å²) in [5, 5.41) is 0. The van der Waals surface area contributed by atoms with Gasteiger partial charge in [0.2, 0.25) is 0 Å². The van der Waals surface area contributed by atoms with Crippen molar-refractivity contribution in [2.24, 2.45) is 5.73 Å². The van der Waals surface area contributed by atoms with E-state index in [-0.39, 0.29) is 0 Å². The number of hydrogen-bond acceptors (Lipinski definition) is 4. The van der Waals surface area contributed by atoms with Crippen LogP contribution in [-0.2, 0) is 0 Å². The second kappa shape index (κ2) is 9.61. The largest absolute Gasteiger partial charge is 0.493 e. The summed E-state index contributed by atoms with van der Waals surface area (Å²) in [7, 11) is 1.66. The predicted octanol–water partition coefficient (Wildman–Crippen LogP) is 2.52. The molecule has 0 heterocycles. The first-order valence-electron chi connectivity index (χ1n) is 7.46. The van der Waals surface area contributed by atoms with Gasteiger partial charge in [-0.15, -0.1) is 0 Å². The Morgan fingerprint density at radius 1 is 1.10 bits per heavy atom. The van der Waals surface area contributed by atoms with E-state index in [0.29, 0.717) is 19.2 Å². The van der Waals surface area contributed by atoms with E-state index in [1.807, 2.05) is 24.3 Å². The van der Waals surface area contributed by atoms with E-state index in [4.69, 9.17) is 15.2 Å². The van der Waals surface area contributed by atoms with E-state index in [0.717, 1.165) is 37.4 Å². The van der Waals surface area contributed by atoms with Gasteiger partial charge in [0.15, 0.2) is 11.5 Å². The molecule has 0 unspecified atom stereocenters. The minimum Gasteiger partial charge on any atom is -0.493 e. The van der Waals surface area contributed by atoms with Gasteiger partial charge in [-0.2, -0.15) is 0 Å². The summed E-state index contributed by atoms with van der Waals surface area (Å²) in [6, 6.07) is 8.32. The minimum absolute atomic E-state index is 0.583. The van der Waals surface area contributed by atoms with Crippen molar-refractivity contribution in [1.29, 1.82) is 0 Å². The van der Waals surface area contributed by atoms with Crippen LogP contribution in [-0.4, -0.2) is 44.3 Å². The highest BCUT2D eigenvalue weighted by molar-refractivity contribution is 5.39. The molecule has 4 heteroatoms. The molecule has 0 saturated carbocycles. The number of rotatable bonds is 10. The van der Waals surface area contributed by atoms with E-state index in [1.165, 1.54) is 0 Å². The Morgan fingerprint density at radius 3 is 2.30 bits per heavy atom. The zero-order valence-corrected chi connectivity index (χ0v) is 13.0. The fourth-order valence-electron chi connectivity index (χ4n) is 2.46. The van der Waals surface area contributed by atoms with Crippen LogP contribution in [0.5, 0.6) is 11.5 Å². The molecule has 114 valence electrons. The summed E-state index contributed by atoms with van der Waals surface area (Å²) in [4.78, 5) is 2.41. The molecule has 1 rings (SSSR count). The van der Waals surface area contributed by atoms with Gasteiger partial charge in [0.05, 0.1) is 7.11 Å². The van der Waals surface area contributed by atoms with Crippen molar-refractivity contribution >= 4 is 0 Å². The lowest BCUT2D eigenvalue weighted by atomic mass is 10.1. The zero-order chi connectivity index (χ0) is 14.8. The average molecular weight is 280 g/mol. The summed E-state index contributed by atoms with van der Waals surface area (Å²) < 4.78 is 11.1. The van der Waals surface area contributed by atoms with Crippen molar-refractivity contribution in [3.63, 3.8) is 0 Å². The number of para-hydroxylation sites is 2. The Hall–Kier alpha value is -1.26. The van der Waals surface area contributed by atoms with Gasteiger partial charge in [0.25, 0.3) is 0 Å². The van der Waals surface area contributed by atoms with E-state index < -0.39 is 0 Å². The van der Waals surface area contributed by atoms with E-state index in [9.17, 15) is 0 Å². The molecule has 20 heavy (non-hydrogen) atoms. The first kappa shape index (κ1) is 16.8. The highest BCUT2D eigenvalue weighted by Crippen LogP contribution is 2.25. The van der Waals surface area contributed by atoms with Crippen LogP contribution in [0.15, 0.2) is 24.3 Å². The lowest BCUT2D eigenvalue weighted by Crippen LogP contribution is -2.40. The van der Waals surface area contributed by atoms with Crippen LogP contribution in [0.3, 0.4) is 0 Å². The SMILES string of the molecule is CCC(CC)N(CCN)CCOc1ccccc1OC. The van der Waals surface area contributed by atoms with Crippen molar-refractivity contribution in [1.82, 2.24) is 4.90 Å². The smallest absolute Gasteiger partial charge is 0.161 e. The molecule has 0 atom stereocenters. The van der Waals surface area contributed by atoms with Gasteiger partial charge in [-0.3, -0.25) is 4.90 Å². The van der Waals surface area contributed by atoms with Gasteiger partial charge < -0.3 is 15.2 Å². The maximum atomic E-state index is 5.84. The zero-order valence-electron chi connectivity index (χ0n) is 13.0. The van der Waals surface area contributed by atoms with Crippen molar-refractivity contribution in [3.05, 3.63) is 24.3 Å². The van der Waals surface area contributed by atoms with E-state index in [1.54, 1.807) is 7.11 Å². The Bertz CT molecular complexity index is 367. The van der Waals surface area contributed by atoms with Crippen molar-refractivity contribution in [3.8, 4) is 11.5 Å². The topological polar surface area (TPSA) is 47.7 Å². The maximum Gasteiger partial charge on any atom is 0.161 e. The monoisotopic (exact) mass is 280 g/mol. The molecule has 1 aromatic carbocycles. The molecule has 0 radical (unpaired) electrons. The molecule has 0 aliphatic heterocycles. The number of hydrogen-bond donors (Lipinski definition) is 1. The third-order valence-electron chi connectivity index (χ3n) is 3.58. The van der Waals surface area contributed by atoms with Crippen LogP contribution in [0.2, 0.25) is 0 Å². The van der Waals surface area contributed by atoms with Crippen molar-refractivity contribution < 1.29 is 9.47 Å². The third kappa shape index (κ3) is 5.02. The van der Waals surface area contributed by atoms with Gasteiger partial charge >= 0.3 is 0 Å². The van der Waals surface area contributed by atoms with Gasteiger partial charge in [0, 0.05) is 25.7 Å². The first-order valence-corrected chi connectivity index (χ1v) is 7.46. The summed E-state index contributed by atoms with van der Waals surface area (Å²) in [5.74, 6) is 1.58. The molecule has 2 N–H and O–H groups in total. The molecule has 0 amide bonds. The molecular formula is C16H28N2O2. The lowest BCUT2D eigenvalue weighted by molar-refractivity contribution is 0.153. The van der Waals surface area contributed by atoms with Gasteiger partial charge in [-0.25, -0.2) is 0 Å². The van der Waals surface area contributed by atoms with Gasteiger partial charge in [-0.1, -0.05) is 26.0 Å². The van der Waals surface area contributed by atoms with E-state index >= 15 is 0 Å². The fourth-order valence-corrected chi connectivity index (χ4v) is 2.46. The number of benzene rings is 1. The molecular weight excluding hydrogens is 252 g/mol. The van der Waals surface area contributed by atoms with Crippen LogP contribution in [0, 0.1) is 0 Å². The quantitative estimate of drug-likeness (QED) is 0.715. The Labute approximate surface area is 122 Å². The van der Waals surface area contributed by atoms with Crippen LogP contribution in [0.4, 0.5) is 0 Å². The normalized spacial score (nSPS) is 11.1.